The lowest BCUT2D eigenvalue weighted by Gasteiger charge is -2.12. The third-order valence-electron chi connectivity index (χ3n) is 3.96. The Morgan fingerprint density at radius 1 is 1.04 bits per heavy atom. The van der Waals surface area contributed by atoms with Gasteiger partial charge in [0, 0.05) is 23.8 Å². The highest BCUT2D eigenvalue weighted by molar-refractivity contribution is 5.86. The Morgan fingerprint density at radius 3 is 2.50 bits per heavy atom. The van der Waals surface area contributed by atoms with Crippen molar-refractivity contribution >= 4 is 11.0 Å². The first kappa shape index (κ1) is 19.1. The molecule has 1 heterocycles. The highest BCUT2D eigenvalue weighted by atomic mass is 16.5. The maximum Gasteiger partial charge on any atom is 0.197 e. The first-order chi connectivity index (χ1) is 13.6. The maximum atomic E-state index is 12.6. The Hall–Kier alpha value is -3.67. The van der Waals surface area contributed by atoms with E-state index in [1.54, 1.807) is 43.5 Å². The minimum Gasteiger partial charge on any atom is -0.507 e. The van der Waals surface area contributed by atoms with Crippen molar-refractivity contribution in [3.8, 4) is 34.3 Å². The van der Waals surface area contributed by atoms with Crippen LogP contribution in [-0.2, 0) is 0 Å². The van der Waals surface area contributed by atoms with Crippen LogP contribution in [0.3, 0.4) is 0 Å². The van der Waals surface area contributed by atoms with Crippen LogP contribution in [0.1, 0.15) is 0 Å². The van der Waals surface area contributed by atoms with Crippen molar-refractivity contribution in [1.82, 2.24) is 0 Å². The Kier molecular flexibility index (Phi) is 5.69. The fraction of sp³-hybridized carbons (Fsp3) is 0.136. The van der Waals surface area contributed by atoms with Crippen molar-refractivity contribution in [3.63, 3.8) is 0 Å². The summed E-state index contributed by atoms with van der Waals surface area (Å²) in [6.07, 6.45) is 3.20. The number of ether oxygens (including phenoxy) is 3. The number of benzene rings is 2. The van der Waals surface area contributed by atoms with Gasteiger partial charge in [-0.15, -0.1) is 0 Å². The van der Waals surface area contributed by atoms with Crippen molar-refractivity contribution < 1.29 is 23.7 Å². The molecule has 1 N–H and O–H groups in total. The van der Waals surface area contributed by atoms with Crippen molar-refractivity contribution in [2.24, 2.45) is 0 Å². The zero-order valence-corrected chi connectivity index (χ0v) is 15.4. The van der Waals surface area contributed by atoms with Gasteiger partial charge in [-0.1, -0.05) is 25.3 Å². The van der Waals surface area contributed by atoms with E-state index >= 15 is 0 Å². The summed E-state index contributed by atoms with van der Waals surface area (Å²) in [5.74, 6) is 1.53. The minimum atomic E-state index is -0.367. The number of phenolic OH excluding ortho intramolecular Hbond substituents is 1. The average molecular weight is 380 g/mol. The first-order valence-electron chi connectivity index (χ1n) is 8.54. The van der Waals surface area contributed by atoms with Gasteiger partial charge in [-0.05, 0) is 18.2 Å². The zero-order valence-electron chi connectivity index (χ0n) is 15.4. The van der Waals surface area contributed by atoms with Crippen LogP contribution >= 0.6 is 0 Å². The molecule has 0 aliphatic carbocycles. The average Bonchev–Trinajstić information content (AvgIpc) is 2.69. The van der Waals surface area contributed by atoms with E-state index in [0.29, 0.717) is 35.2 Å². The van der Waals surface area contributed by atoms with Crippen LogP contribution in [0, 0.1) is 0 Å². The first-order valence-corrected chi connectivity index (χ1v) is 8.54. The molecule has 0 saturated heterocycles. The van der Waals surface area contributed by atoms with E-state index in [1.165, 1.54) is 12.1 Å². The molecule has 1 aromatic heterocycles. The molecule has 0 spiro atoms. The van der Waals surface area contributed by atoms with Crippen molar-refractivity contribution in [2.45, 2.75) is 0 Å². The van der Waals surface area contributed by atoms with Gasteiger partial charge in [-0.3, -0.25) is 4.79 Å². The van der Waals surface area contributed by atoms with Gasteiger partial charge in [0.05, 0.1) is 7.11 Å². The van der Waals surface area contributed by atoms with E-state index in [1.807, 2.05) is 0 Å². The van der Waals surface area contributed by atoms with Gasteiger partial charge in [-0.2, -0.15) is 0 Å². The van der Waals surface area contributed by atoms with Crippen LogP contribution in [0.15, 0.2) is 70.9 Å². The van der Waals surface area contributed by atoms with E-state index in [4.69, 9.17) is 18.6 Å². The summed E-state index contributed by atoms with van der Waals surface area (Å²) < 4.78 is 22.2. The van der Waals surface area contributed by atoms with E-state index in [2.05, 4.69) is 13.2 Å². The molecular weight excluding hydrogens is 360 g/mol. The molecule has 0 unspecified atom stereocenters. The molecule has 0 fully saturated rings. The lowest BCUT2D eigenvalue weighted by Crippen LogP contribution is -2.02. The van der Waals surface area contributed by atoms with Crippen LogP contribution in [0.5, 0.6) is 23.0 Å². The third kappa shape index (κ3) is 3.86. The summed E-state index contributed by atoms with van der Waals surface area (Å²) in [4.78, 5) is 12.6. The van der Waals surface area contributed by atoms with Crippen molar-refractivity contribution in [3.05, 3.63) is 71.9 Å². The Labute approximate surface area is 161 Å². The fourth-order valence-corrected chi connectivity index (χ4v) is 2.72. The molecule has 3 aromatic rings. The second-order valence-corrected chi connectivity index (χ2v) is 5.86. The van der Waals surface area contributed by atoms with Crippen LogP contribution < -0.4 is 19.6 Å². The fourth-order valence-electron chi connectivity index (χ4n) is 2.72. The lowest BCUT2D eigenvalue weighted by atomic mass is 10.1. The van der Waals surface area contributed by atoms with Gasteiger partial charge in [0.2, 0.25) is 0 Å². The topological polar surface area (TPSA) is 78.1 Å². The normalized spacial score (nSPS) is 10.5. The van der Waals surface area contributed by atoms with Gasteiger partial charge in [0.25, 0.3) is 0 Å². The smallest absolute Gasteiger partial charge is 0.197 e. The Bertz CT molecular complexity index is 1080. The van der Waals surface area contributed by atoms with Gasteiger partial charge in [-0.25, -0.2) is 0 Å². The summed E-state index contributed by atoms with van der Waals surface area (Å²) in [6, 6.07) is 9.44. The molecule has 6 heteroatoms. The predicted octanol–water partition coefficient (Wildman–Crippen LogP) is 4.30. The van der Waals surface area contributed by atoms with Gasteiger partial charge in [0.15, 0.2) is 16.9 Å². The molecule has 0 bridgehead atoms. The van der Waals surface area contributed by atoms with Crippen molar-refractivity contribution in [2.75, 3.05) is 20.3 Å². The number of fused-ring (bicyclic) bond motifs is 1. The second kappa shape index (κ2) is 8.35. The molecule has 0 aliphatic rings. The molecule has 0 aliphatic heterocycles. The zero-order chi connectivity index (χ0) is 20.1. The SMILES string of the molecule is C=CCOc1cc(O)c2c(=O)cc(-c3ccc(OC)c(OCC=C)c3)oc2c1. The molecule has 28 heavy (non-hydrogen) atoms. The maximum absolute atomic E-state index is 12.6. The van der Waals surface area contributed by atoms with E-state index in [0.717, 1.165) is 0 Å². The number of hydrogen-bond donors (Lipinski definition) is 1. The van der Waals surface area contributed by atoms with Crippen molar-refractivity contribution in [1.29, 1.82) is 0 Å². The summed E-state index contributed by atoms with van der Waals surface area (Å²) in [7, 11) is 1.54. The molecule has 0 saturated carbocycles. The molecular formula is C22H20O6. The number of aromatic hydroxyl groups is 1. The molecule has 6 nitrogen and oxygen atoms in total. The molecule has 2 aromatic carbocycles. The summed E-state index contributed by atoms with van der Waals surface area (Å²) in [5.41, 5.74) is 0.468. The van der Waals surface area contributed by atoms with Gasteiger partial charge >= 0.3 is 0 Å². The number of phenols is 1. The van der Waals surface area contributed by atoms with E-state index in [9.17, 15) is 9.90 Å². The molecule has 0 radical (unpaired) electrons. The van der Waals surface area contributed by atoms with Gasteiger partial charge in [0.1, 0.15) is 41.4 Å². The molecule has 0 atom stereocenters. The highest BCUT2D eigenvalue weighted by Gasteiger charge is 2.14. The van der Waals surface area contributed by atoms with E-state index < -0.39 is 0 Å². The van der Waals surface area contributed by atoms with Crippen LogP contribution in [0.4, 0.5) is 0 Å². The quantitative estimate of drug-likeness (QED) is 0.587. The Balaban J connectivity index is 2.11. The van der Waals surface area contributed by atoms with E-state index in [-0.39, 0.29) is 28.8 Å². The third-order valence-corrected chi connectivity index (χ3v) is 3.96. The molecule has 144 valence electrons. The molecule has 0 amide bonds. The number of hydrogen-bond acceptors (Lipinski definition) is 6. The standard InChI is InChI=1S/C22H20O6/c1-4-8-26-15-11-16(23)22-17(24)13-19(28-21(22)12-15)14-6-7-18(25-3)20(10-14)27-9-5-2/h4-7,10-13,23H,1-2,8-9H2,3H3. The minimum absolute atomic E-state index is 0.0892. The summed E-state index contributed by atoms with van der Waals surface area (Å²) in [6.45, 7) is 7.78. The largest absolute Gasteiger partial charge is 0.507 e. The second-order valence-electron chi connectivity index (χ2n) is 5.86. The number of methoxy groups -OCH3 is 1. The Morgan fingerprint density at radius 2 is 1.79 bits per heavy atom. The monoisotopic (exact) mass is 380 g/mol. The summed E-state index contributed by atoms with van der Waals surface area (Å²) in [5, 5.41) is 10.3. The predicted molar refractivity (Wildman–Crippen MR) is 108 cm³/mol. The van der Waals surface area contributed by atoms with Crippen LogP contribution in [-0.4, -0.2) is 25.4 Å². The molecule has 3 rings (SSSR count). The number of rotatable bonds is 8. The van der Waals surface area contributed by atoms with Crippen LogP contribution in [0.25, 0.3) is 22.3 Å². The van der Waals surface area contributed by atoms with Crippen LogP contribution in [0.2, 0.25) is 0 Å². The lowest BCUT2D eigenvalue weighted by molar-refractivity contribution is 0.326. The highest BCUT2D eigenvalue weighted by Crippen LogP contribution is 2.35. The summed E-state index contributed by atoms with van der Waals surface area (Å²) >= 11 is 0. The van der Waals surface area contributed by atoms with Gasteiger partial charge < -0.3 is 23.7 Å².